The molecule has 37 heavy (non-hydrogen) atoms. The van der Waals surface area contributed by atoms with Crippen LogP contribution < -0.4 is 14.8 Å². The van der Waals surface area contributed by atoms with Crippen LogP contribution in [0.25, 0.3) is 11.0 Å². The maximum atomic E-state index is 12.4. The number of carbonyl (C=O) groups excluding carboxylic acids is 1. The monoisotopic (exact) mass is 499 g/mol. The van der Waals surface area contributed by atoms with Gasteiger partial charge in [0.05, 0.1) is 24.8 Å². The smallest absolute Gasteiger partial charge is 0.251 e. The SMILES string of the molecule is COc1ccccc1OCCCCn1c(CCCCCNC(=O)c2ccccc2C)nc2ccccc21. The van der Waals surface area contributed by atoms with E-state index >= 15 is 0 Å². The highest BCUT2D eigenvalue weighted by Gasteiger charge is 2.11. The lowest BCUT2D eigenvalue weighted by molar-refractivity contribution is 0.0952. The van der Waals surface area contributed by atoms with Crippen LogP contribution in [0, 0.1) is 6.92 Å². The van der Waals surface area contributed by atoms with Crippen molar-refractivity contribution >= 4 is 16.9 Å². The Morgan fingerprint density at radius 3 is 2.46 bits per heavy atom. The maximum absolute atomic E-state index is 12.4. The van der Waals surface area contributed by atoms with E-state index in [2.05, 4.69) is 28.1 Å². The molecule has 0 radical (unpaired) electrons. The molecule has 0 fully saturated rings. The van der Waals surface area contributed by atoms with Gasteiger partial charge in [-0.3, -0.25) is 4.79 Å². The lowest BCUT2D eigenvalue weighted by Gasteiger charge is -2.12. The minimum atomic E-state index is 0.00887. The second-order valence-electron chi connectivity index (χ2n) is 9.26. The third-order valence-corrected chi connectivity index (χ3v) is 6.59. The van der Waals surface area contributed by atoms with E-state index in [1.54, 1.807) is 7.11 Å². The number of aryl methyl sites for hydroxylation is 3. The van der Waals surface area contributed by atoms with E-state index in [9.17, 15) is 4.79 Å². The molecule has 0 aliphatic heterocycles. The molecule has 1 N–H and O–H groups in total. The Hall–Kier alpha value is -3.80. The summed E-state index contributed by atoms with van der Waals surface area (Å²) in [5.41, 5.74) is 4.00. The average Bonchev–Trinajstić information content (AvgIpc) is 3.28. The summed E-state index contributed by atoms with van der Waals surface area (Å²) in [6.07, 6.45) is 5.93. The van der Waals surface area contributed by atoms with Gasteiger partial charge >= 0.3 is 0 Å². The molecule has 1 amide bonds. The summed E-state index contributed by atoms with van der Waals surface area (Å²) in [6, 6.07) is 23.8. The van der Waals surface area contributed by atoms with Gasteiger partial charge in [-0.1, -0.05) is 48.9 Å². The van der Waals surface area contributed by atoms with Crippen molar-refractivity contribution in [3.8, 4) is 11.5 Å². The van der Waals surface area contributed by atoms with Gasteiger partial charge in [0.1, 0.15) is 5.82 Å². The normalized spacial score (nSPS) is 11.0. The minimum Gasteiger partial charge on any atom is -0.493 e. The number of imidazole rings is 1. The van der Waals surface area contributed by atoms with E-state index in [1.165, 1.54) is 5.52 Å². The Balaban J connectivity index is 1.23. The molecular formula is C31H37N3O3. The van der Waals surface area contributed by atoms with E-state index in [-0.39, 0.29) is 5.91 Å². The number of methoxy groups -OCH3 is 1. The highest BCUT2D eigenvalue weighted by Crippen LogP contribution is 2.26. The molecule has 4 rings (SSSR count). The van der Waals surface area contributed by atoms with E-state index in [0.29, 0.717) is 13.2 Å². The molecule has 0 aliphatic rings. The second kappa shape index (κ2) is 13.5. The number of para-hydroxylation sites is 4. The molecule has 1 aromatic heterocycles. The lowest BCUT2D eigenvalue weighted by atomic mass is 10.1. The van der Waals surface area contributed by atoms with Crippen LogP contribution in [0.4, 0.5) is 0 Å². The molecule has 1 heterocycles. The molecular weight excluding hydrogens is 462 g/mol. The number of aromatic nitrogens is 2. The van der Waals surface area contributed by atoms with E-state index in [0.717, 1.165) is 79.0 Å². The number of benzene rings is 3. The van der Waals surface area contributed by atoms with Crippen molar-refractivity contribution in [2.75, 3.05) is 20.3 Å². The van der Waals surface area contributed by atoms with Crippen LogP contribution in [0.15, 0.2) is 72.8 Å². The topological polar surface area (TPSA) is 65.4 Å². The maximum Gasteiger partial charge on any atom is 0.251 e. The largest absolute Gasteiger partial charge is 0.493 e. The predicted octanol–water partition coefficient (Wildman–Crippen LogP) is 6.36. The number of hydrogen-bond acceptors (Lipinski definition) is 4. The van der Waals surface area contributed by atoms with Crippen molar-refractivity contribution in [2.45, 2.75) is 52.0 Å². The molecule has 194 valence electrons. The van der Waals surface area contributed by atoms with Crippen LogP contribution in [0.5, 0.6) is 11.5 Å². The standard InChI is InChI=1S/C31H37N3O3/c1-24-14-5-6-15-25(24)31(35)32-21-11-3-4-20-30-33-26-16-7-8-17-27(26)34(30)22-12-13-23-37-29-19-10-9-18-28(29)36-2/h5-10,14-19H,3-4,11-13,20-23H2,1-2H3,(H,32,35). The molecule has 3 aromatic carbocycles. The zero-order chi connectivity index (χ0) is 25.9. The Labute approximate surface area is 219 Å². The van der Waals surface area contributed by atoms with E-state index < -0.39 is 0 Å². The van der Waals surface area contributed by atoms with Gasteiger partial charge in [-0.05, 0) is 68.5 Å². The van der Waals surface area contributed by atoms with Crippen molar-refractivity contribution in [1.82, 2.24) is 14.9 Å². The number of fused-ring (bicyclic) bond motifs is 1. The predicted molar refractivity (Wildman–Crippen MR) is 149 cm³/mol. The number of amides is 1. The first-order valence-corrected chi connectivity index (χ1v) is 13.2. The summed E-state index contributed by atoms with van der Waals surface area (Å²) in [5.74, 6) is 2.69. The highest BCUT2D eigenvalue weighted by molar-refractivity contribution is 5.95. The van der Waals surface area contributed by atoms with Crippen molar-refractivity contribution in [3.63, 3.8) is 0 Å². The second-order valence-corrected chi connectivity index (χ2v) is 9.26. The van der Waals surface area contributed by atoms with Gasteiger partial charge in [0.15, 0.2) is 11.5 Å². The number of carbonyl (C=O) groups is 1. The zero-order valence-corrected chi connectivity index (χ0v) is 21.9. The van der Waals surface area contributed by atoms with Crippen LogP contribution in [0.1, 0.15) is 53.8 Å². The molecule has 0 atom stereocenters. The number of unbranched alkanes of at least 4 members (excludes halogenated alkanes) is 3. The Kier molecular flexibility index (Phi) is 9.58. The van der Waals surface area contributed by atoms with Gasteiger partial charge in [0, 0.05) is 25.1 Å². The number of rotatable bonds is 14. The first-order valence-electron chi connectivity index (χ1n) is 13.2. The summed E-state index contributed by atoms with van der Waals surface area (Å²) in [4.78, 5) is 17.3. The summed E-state index contributed by atoms with van der Waals surface area (Å²) in [7, 11) is 1.66. The highest BCUT2D eigenvalue weighted by atomic mass is 16.5. The van der Waals surface area contributed by atoms with Crippen molar-refractivity contribution < 1.29 is 14.3 Å². The molecule has 0 spiro atoms. The molecule has 4 aromatic rings. The zero-order valence-electron chi connectivity index (χ0n) is 21.9. The van der Waals surface area contributed by atoms with Crippen LogP contribution >= 0.6 is 0 Å². The molecule has 0 bridgehead atoms. The first kappa shape index (κ1) is 26.3. The van der Waals surface area contributed by atoms with Gasteiger partial charge in [-0.15, -0.1) is 0 Å². The lowest BCUT2D eigenvalue weighted by Crippen LogP contribution is -2.25. The third-order valence-electron chi connectivity index (χ3n) is 6.59. The number of hydrogen-bond donors (Lipinski definition) is 1. The van der Waals surface area contributed by atoms with Crippen LogP contribution in [-0.2, 0) is 13.0 Å². The van der Waals surface area contributed by atoms with Crippen molar-refractivity contribution in [2.24, 2.45) is 0 Å². The molecule has 6 heteroatoms. The fourth-order valence-corrected chi connectivity index (χ4v) is 4.57. The quantitative estimate of drug-likeness (QED) is 0.205. The summed E-state index contributed by atoms with van der Waals surface area (Å²) >= 11 is 0. The molecule has 0 saturated heterocycles. The first-order chi connectivity index (χ1) is 18.2. The van der Waals surface area contributed by atoms with Gasteiger partial charge < -0.3 is 19.4 Å². The van der Waals surface area contributed by atoms with E-state index in [4.69, 9.17) is 14.5 Å². The van der Waals surface area contributed by atoms with Gasteiger partial charge in [0.2, 0.25) is 0 Å². The summed E-state index contributed by atoms with van der Waals surface area (Å²) < 4.78 is 13.7. The van der Waals surface area contributed by atoms with Crippen LogP contribution in [-0.4, -0.2) is 35.7 Å². The minimum absolute atomic E-state index is 0.00887. The summed E-state index contributed by atoms with van der Waals surface area (Å²) in [5, 5.41) is 3.05. The molecule has 0 aliphatic carbocycles. The van der Waals surface area contributed by atoms with Crippen LogP contribution in [0.2, 0.25) is 0 Å². The van der Waals surface area contributed by atoms with Crippen LogP contribution in [0.3, 0.4) is 0 Å². The van der Waals surface area contributed by atoms with Gasteiger partial charge in [0.25, 0.3) is 5.91 Å². The van der Waals surface area contributed by atoms with Crippen molar-refractivity contribution in [1.29, 1.82) is 0 Å². The molecule has 0 unspecified atom stereocenters. The Morgan fingerprint density at radius 1 is 0.865 bits per heavy atom. The Morgan fingerprint density at radius 2 is 1.62 bits per heavy atom. The molecule has 0 saturated carbocycles. The molecule has 6 nitrogen and oxygen atoms in total. The number of nitrogens with zero attached hydrogens (tertiary/aromatic N) is 2. The van der Waals surface area contributed by atoms with Gasteiger partial charge in [-0.25, -0.2) is 4.98 Å². The fourth-order valence-electron chi connectivity index (χ4n) is 4.57. The third kappa shape index (κ3) is 7.13. The average molecular weight is 500 g/mol. The number of ether oxygens (including phenoxy) is 2. The van der Waals surface area contributed by atoms with Crippen molar-refractivity contribution in [3.05, 3.63) is 89.7 Å². The Bertz CT molecular complexity index is 1300. The van der Waals surface area contributed by atoms with E-state index in [1.807, 2.05) is 61.5 Å². The number of nitrogens with one attached hydrogen (secondary N) is 1. The summed E-state index contributed by atoms with van der Waals surface area (Å²) in [6.45, 7) is 4.22. The fraction of sp³-hybridized carbons (Fsp3) is 0.355. The van der Waals surface area contributed by atoms with Gasteiger partial charge in [-0.2, -0.15) is 0 Å².